The fourth-order valence-electron chi connectivity index (χ4n) is 1.12. The number of para-hydroxylation sites is 2. The highest BCUT2D eigenvalue weighted by molar-refractivity contribution is 9.10. The molecule has 0 aliphatic carbocycles. The summed E-state index contributed by atoms with van der Waals surface area (Å²) in [5.41, 5.74) is 7.51. The molecule has 2 aromatic rings. The van der Waals surface area contributed by atoms with Crippen LogP contribution in [0.3, 0.4) is 0 Å². The van der Waals surface area contributed by atoms with Crippen LogP contribution in [-0.2, 0) is 0 Å². The first-order chi connectivity index (χ1) is 6.75. The molecule has 0 aliphatic heterocycles. The molecule has 4 heteroatoms. The zero-order chi connectivity index (χ0) is 9.97. The van der Waals surface area contributed by atoms with Crippen molar-refractivity contribution in [2.75, 3.05) is 11.1 Å². The van der Waals surface area contributed by atoms with Gasteiger partial charge >= 0.3 is 0 Å². The third-order valence-corrected chi connectivity index (χ3v) is 3.39. The predicted molar refractivity (Wildman–Crippen MR) is 66.2 cm³/mol. The molecule has 0 saturated carbocycles. The number of hydrogen-bond acceptors (Lipinski definition) is 3. The molecule has 0 aliphatic rings. The number of nitrogens with one attached hydrogen (secondary N) is 1. The van der Waals surface area contributed by atoms with E-state index in [0.717, 1.165) is 20.8 Å². The van der Waals surface area contributed by atoms with E-state index >= 15 is 0 Å². The second kappa shape index (κ2) is 4.02. The zero-order valence-corrected chi connectivity index (χ0v) is 9.73. The molecule has 0 unspecified atom stereocenters. The molecular formula is C10H9BrN2S. The van der Waals surface area contributed by atoms with E-state index in [1.54, 1.807) is 11.3 Å². The molecule has 0 amide bonds. The topological polar surface area (TPSA) is 38.0 Å². The number of rotatable bonds is 2. The average molecular weight is 269 g/mol. The number of anilines is 3. The smallest absolute Gasteiger partial charge is 0.0938 e. The van der Waals surface area contributed by atoms with Gasteiger partial charge in [-0.05, 0) is 34.1 Å². The molecule has 0 radical (unpaired) electrons. The lowest BCUT2D eigenvalue weighted by Gasteiger charge is -2.05. The van der Waals surface area contributed by atoms with Crippen molar-refractivity contribution in [3.05, 3.63) is 40.2 Å². The summed E-state index contributed by atoms with van der Waals surface area (Å²) in [6.45, 7) is 0. The van der Waals surface area contributed by atoms with Crippen LogP contribution in [-0.4, -0.2) is 0 Å². The molecule has 3 N–H and O–H groups in total. The molecule has 2 nitrogen and oxygen atoms in total. The second-order valence-electron chi connectivity index (χ2n) is 2.84. The average Bonchev–Trinajstić information content (AvgIpc) is 2.56. The summed E-state index contributed by atoms with van der Waals surface area (Å²) in [7, 11) is 0. The van der Waals surface area contributed by atoms with Gasteiger partial charge in [-0.3, -0.25) is 0 Å². The number of hydrogen-bond donors (Lipinski definition) is 2. The number of benzene rings is 1. The number of thiophene rings is 1. The van der Waals surface area contributed by atoms with Gasteiger partial charge in [0, 0.05) is 9.85 Å². The third kappa shape index (κ3) is 2.08. The first kappa shape index (κ1) is 9.55. The Morgan fingerprint density at radius 2 is 2.07 bits per heavy atom. The van der Waals surface area contributed by atoms with Crippen LogP contribution in [0.2, 0.25) is 0 Å². The van der Waals surface area contributed by atoms with Crippen LogP contribution < -0.4 is 11.1 Å². The lowest BCUT2D eigenvalue weighted by atomic mass is 10.3. The maximum absolute atomic E-state index is 5.81. The van der Waals surface area contributed by atoms with Crippen molar-refractivity contribution in [3.63, 3.8) is 0 Å². The molecule has 0 bridgehead atoms. The van der Waals surface area contributed by atoms with E-state index in [1.807, 2.05) is 35.7 Å². The van der Waals surface area contributed by atoms with Crippen LogP contribution >= 0.6 is 27.3 Å². The van der Waals surface area contributed by atoms with E-state index < -0.39 is 0 Å². The quantitative estimate of drug-likeness (QED) is 0.813. The van der Waals surface area contributed by atoms with Crippen molar-refractivity contribution in [2.24, 2.45) is 0 Å². The fourth-order valence-corrected chi connectivity index (χ4v) is 2.45. The van der Waals surface area contributed by atoms with Gasteiger partial charge in [-0.25, -0.2) is 0 Å². The van der Waals surface area contributed by atoms with Crippen LogP contribution in [0.4, 0.5) is 16.4 Å². The van der Waals surface area contributed by atoms with Crippen molar-refractivity contribution in [1.29, 1.82) is 0 Å². The highest BCUT2D eigenvalue weighted by Gasteiger charge is 2.00. The number of nitrogen functional groups attached to an aromatic ring is 1. The van der Waals surface area contributed by atoms with Crippen molar-refractivity contribution in [1.82, 2.24) is 0 Å². The van der Waals surface area contributed by atoms with E-state index in [0.29, 0.717) is 0 Å². The van der Waals surface area contributed by atoms with Gasteiger partial charge in [-0.1, -0.05) is 12.1 Å². The van der Waals surface area contributed by atoms with Crippen LogP contribution in [0.1, 0.15) is 0 Å². The molecule has 0 spiro atoms. The van der Waals surface area contributed by atoms with Gasteiger partial charge in [0.25, 0.3) is 0 Å². The normalized spacial score (nSPS) is 10.1. The molecule has 1 heterocycles. The molecule has 1 aromatic heterocycles. The lowest BCUT2D eigenvalue weighted by molar-refractivity contribution is 1.60. The van der Waals surface area contributed by atoms with Crippen molar-refractivity contribution in [3.8, 4) is 0 Å². The Labute approximate surface area is 94.9 Å². The molecule has 0 fully saturated rings. The van der Waals surface area contributed by atoms with E-state index in [2.05, 4.69) is 21.2 Å². The molecule has 14 heavy (non-hydrogen) atoms. The summed E-state index contributed by atoms with van der Waals surface area (Å²) in [6, 6.07) is 9.75. The monoisotopic (exact) mass is 268 g/mol. The predicted octanol–water partition coefficient (Wildman–Crippen LogP) is 3.84. The van der Waals surface area contributed by atoms with Crippen molar-refractivity contribution < 1.29 is 0 Å². The summed E-state index contributed by atoms with van der Waals surface area (Å²) in [5, 5.41) is 6.36. The summed E-state index contributed by atoms with van der Waals surface area (Å²) in [4.78, 5) is 0. The fraction of sp³-hybridized carbons (Fsp3) is 0. The molecule has 72 valence electrons. The number of nitrogens with two attached hydrogens (primary N) is 1. The van der Waals surface area contributed by atoms with E-state index in [4.69, 9.17) is 5.73 Å². The highest BCUT2D eigenvalue weighted by atomic mass is 79.9. The SMILES string of the molecule is Nc1ccccc1Nc1cc(Br)cs1. The molecular weight excluding hydrogens is 260 g/mol. The Morgan fingerprint density at radius 3 is 2.71 bits per heavy atom. The summed E-state index contributed by atoms with van der Waals surface area (Å²) in [6.07, 6.45) is 0. The molecule has 1 aromatic carbocycles. The minimum Gasteiger partial charge on any atom is -0.397 e. The van der Waals surface area contributed by atoms with Crippen LogP contribution in [0.15, 0.2) is 40.2 Å². The minimum atomic E-state index is 0.761. The zero-order valence-electron chi connectivity index (χ0n) is 7.33. The van der Waals surface area contributed by atoms with Gasteiger partial charge in [-0.2, -0.15) is 0 Å². The molecule has 0 atom stereocenters. The first-order valence-corrected chi connectivity index (χ1v) is 5.78. The van der Waals surface area contributed by atoms with E-state index in [1.165, 1.54) is 0 Å². The minimum absolute atomic E-state index is 0.761. The second-order valence-corrected chi connectivity index (χ2v) is 4.67. The van der Waals surface area contributed by atoms with Gasteiger partial charge in [-0.15, -0.1) is 11.3 Å². The third-order valence-electron chi connectivity index (χ3n) is 1.79. The van der Waals surface area contributed by atoms with Gasteiger partial charge in [0.2, 0.25) is 0 Å². The first-order valence-electron chi connectivity index (χ1n) is 4.11. The maximum Gasteiger partial charge on any atom is 0.0938 e. The van der Waals surface area contributed by atoms with Gasteiger partial charge in [0.1, 0.15) is 0 Å². The van der Waals surface area contributed by atoms with Crippen LogP contribution in [0, 0.1) is 0 Å². The van der Waals surface area contributed by atoms with Gasteiger partial charge in [0.05, 0.1) is 16.4 Å². The van der Waals surface area contributed by atoms with Gasteiger partial charge in [0.15, 0.2) is 0 Å². The van der Waals surface area contributed by atoms with Crippen molar-refractivity contribution >= 4 is 43.6 Å². The Hall–Kier alpha value is -1.000. The van der Waals surface area contributed by atoms with Gasteiger partial charge < -0.3 is 11.1 Å². The summed E-state index contributed by atoms with van der Waals surface area (Å²) < 4.78 is 1.08. The Morgan fingerprint density at radius 1 is 1.29 bits per heavy atom. The Kier molecular flexibility index (Phi) is 2.74. The van der Waals surface area contributed by atoms with E-state index in [9.17, 15) is 0 Å². The maximum atomic E-state index is 5.81. The molecule has 2 rings (SSSR count). The largest absolute Gasteiger partial charge is 0.397 e. The lowest BCUT2D eigenvalue weighted by Crippen LogP contribution is -1.93. The molecule has 0 saturated heterocycles. The Balaban J connectivity index is 2.23. The van der Waals surface area contributed by atoms with Crippen LogP contribution in [0.5, 0.6) is 0 Å². The van der Waals surface area contributed by atoms with E-state index in [-0.39, 0.29) is 0 Å². The highest BCUT2D eigenvalue weighted by Crippen LogP contribution is 2.29. The summed E-state index contributed by atoms with van der Waals surface area (Å²) in [5.74, 6) is 0. The van der Waals surface area contributed by atoms with Crippen molar-refractivity contribution in [2.45, 2.75) is 0 Å². The number of halogens is 1. The standard InChI is InChI=1S/C10H9BrN2S/c11-7-5-10(14-6-7)13-9-4-2-1-3-8(9)12/h1-6,13H,12H2. The Bertz CT molecular complexity index is 439. The van der Waals surface area contributed by atoms with Crippen LogP contribution in [0.25, 0.3) is 0 Å². The summed E-state index contributed by atoms with van der Waals surface area (Å²) >= 11 is 5.04.